The third kappa shape index (κ3) is 2.82. The maximum atomic E-state index is 5.46. The Morgan fingerprint density at radius 1 is 1.33 bits per heavy atom. The van der Waals surface area contributed by atoms with Crippen LogP contribution in [0.25, 0.3) is 0 Å². The van der Waals surface area contributed by atoms with Crippen molar-refractivity contribution < 1.29 is 4.74 Å². The molecule has 1 fully saturated rings. The monoisotopic (exact) mass is 131 g/mol. The first-order valence-corrected chi connectivity index (χ1v) is 3.61. The van der Waals surface area contributed by atoms with Crippen LogP contribution in [0.1, 0.15) is 26.7 Å². The third-order valence-electron chi connectivity index (χ3n) is 1.46. The Morgan fingerprint density at radius 2 is 1.78 bits per heavy atom. The van der Waals surface area contributed by atoms with E-state index in [1.54, 1.807) is 7.11 Å². The minimum Gasteiger partial charge on any atom is -0.381 e. The highest BCUT2D eigenvalue weighted by molar-refractivity contribution is 4.82. The Morgan fingerprint density at radius 3 is 1.89 bits per heavy atom. The number of rotatable bonds is 1. The molecule has 2 N–H and O–H groups in total. The van der Waals surface area contributed by atoms with Gasteiger partial charge in [-0.15, -0.1) is 0 Å². The van der Waals surface area contributed by atoms with Gasteiger partial charge in [0.1, 0.15) is 0 Å². The minimum atomic E-state index is 0.421. The number of methoxy groups -OCH3 is 1. The van der Waals surface area contributed by atoms with Gasteiger partial charge in [-0.2, -0.15) is 0 Å². The Bertz CT molecular complexity index is 59.9. The second-order valence-corrected chi connectivity index (χ2v) is 2.09. The topological polar surface area (TPSA) is 35.2 Å². The number of hydrogen-bond acceptors (Lipinski definition) is 2. The van der Waals surface area contributed by atoms with Crippen LogP contribution in [0.15, 0.2) is 0 Å². The fourth-order valence-corrected chi connectivity index (χ4v) is 0.799. The molecule has 2 heteroatoms. The van der Waals surface area contributed by atoms with E-state index in [4.69, 9.17) is 10.5 Å². The highest BCUT2D eigenvalue weighted by Gasteiger charge is 2.24. The molecule has 56 valence electrons. The molecule has 1 rings (SSSR count). The molecule has 0 atom stereocenters. The normalized spacial score (nSPS) is 32.0. The van der Waals surface area contributed by atoms with Crippen LogP contribution in [0.2, 0.25) is 0 Å². The van der Waals surface area contributed by atoms with Crippen molar-refractivity contribution in [3.05, 3.63) is 0 Å². The number of ether oxygens (including phenoxy) is 1. The zero-order valence-electron chi connectivity index (χ0n) is 6.55. The third-order valence-corrected chi connectivity index (χ3v) is 1.46. The van der Waals surface area contributed by atoms with Crippen LogP contribution in [-0.4, -0.2) is 19.3 Å². The van der Waals surface area contributed by atoms with Crippen molar-refractivity contribution in [1.29, 1.82) is 0 Å². The van der Waals surface area contributed by atoms with E-state index in [1.807, 2.05) is 13.8 Å². The molecule has 2 nitrogen and oxygen atoms in total. The maximum Gasteiger partial charge on any atom is 0.0600 e. The van der Waals surface area contributed by atoms with Crippen LogP contribution in [0.4, 0.5) is 0 Å². The second kappa shape index (κ2) is 4.77. The van der Waals surface area contributed by atoms with E-state index in [1.165, 1.54) is 0 Å². The summed E-state index contributed by atoms with van der Waals surface area (Å²) in [6.07, 6.45) is 2.57. The zero-order chi connectivity index (χ0) is 7.28. The second-order valence-electron chi connectivity index (χ2n) is 2.09. The summed E-state index contributed by atoms with van der Waals surface area (Å²) in [5, 5.41) is 0. The van der Waals surface area contributed by atoms with Crippen molar-refractivity contribution in [1.82, 2.24) is 0 Å². The summed E-state index contributed by atoms with van der Waals surface area (Å²) >= 11 is 0. The summed E-state index contributed by atoms with van der Waals surface area (Å²) in [6, 6.07) is 0.421. The molecule has 0 unspecified atom stereocenters. The van der Waals surface area contributed by atoms with Crippen LogP contribution in [-0.2, 0) is 4.74 Å². The van der Waals surface area contributed by atoms with Gasteiger partial charge in [-0.1, -0.05) is 13.8 Å². The molecule has 0 aromatic heterocycles. The molecule has 0 amide bonds. The summed E-state index contributed by atoms with van der Waals surface area (Å²) in [4.78, 5) is 0. The van der Waals surface area contributed by atoms with Crippen molar-refractivity contribution in [2.45, 2.75) is 38.8 Å². The molecular formula is C7H17NO. The average molecular weight is 131 g/mol. The standard InChI is InChI=1S/C5H11NO.C2H6/c1-7-5-2-4(6)3-5;1-2/h4-5H,2-3,6H2,1H3;1-2H3. The maximum absolute atomic E-state index is 5.46. The van der Waals surface area contributed by atoms with Crippen molar-refractivity contribution in [2.75, 3.05) is 7.11 Å². The molecule has 1 saturated carbocycles. The molecule has 1 aliphatic carbocycles. The lowest BCUT2D eigenvalue weighted by Gasteiger charge is -2.30. The van der Waals surface area contributed by atoms with Crippen LogP contribution in [0.3, 0.4) is 0 Å². The predicted octanol–water partition coefficient (Wildman–Crippen LogP) is 1.15. The first-order chi connectivity index (χ1) is 4.33. The van der Waals surface area contributed by atoms with Gasteiger partial charge in [0.25, 0.3) is 0 Å². The summed E-state index contributed by atoms with van der Waals surface area (Å²) in [5.74, 6) is 0. The Balaban J connectivity index is 0.000000291. The fraction of sp³-hybridized carbons (Fsp3) is 1.00. The summed E-state index contributed by atoms with van der Waals surface area (Å²) in [7, 11) is 1.73. The van der Waals surface area contributed by atoms with Gasteiger partial charge < -0.3 is 10.5 Å². The Kier molecular flexibility index (Phi) is 4.72. The highest BCUT2D eigenvalue weighted by atomic mass is 16.5. The lowest BCUT2D eigenvalue weighted by molar-refractivity contribution is 0.0279. The fourth-order valence-electron chi connectivity index (χ4n) is 0.799. The zero-order valence-corrected chi connectivity index (χ0v) is 6.55. The van der Waals surface area contributed by atoms with E-state index < -0.39 is 0 Å². The van der Waals surface area contributed by atoms with E-state index in [0.29, 0.717) is 12.1 Å². The van der Waals surface area contributed by atoms with Gasteiger partial charge >= 0.3 is 0 Å². The molecule has 0 saturated heterocycles. The van der Waals surface area contributed by atoms with Crippen LogP contribution < -0.4 is 5.73 Å². The van der Waals surface area contributed by atoms with Gasteiger partial charge in [0, 0.05) is 13.2 Å². The van der Waals surface area contributed by atoms with Gasteiger partial charge in [-0.3, -0.25) is 0 Å². The smallest absolute Gasteiger partial charge is 0.0600 e. The quantitative estimate of drug-likeness (QED) is 0.579. The molecule has 0 heterocycles. The van der Waals surface area contributed by atoms with Crippen molar-refractivity contribution in [2.24, 2.45) is 5.73 Å². The molecule has 0 aromatic carbocycles. The lowest BCUT2D eigenvalue weighted by atomic mass is 9.90. The van der Waals surface area contributed by atoms with Crippen molar-refractivity contribution in [3.8, 4) is 0 Å². The average Bonchev–Trinajstić information content (AvgIpc) is 1.86. The first-order valence-electron chi connectivity index (χ1n) is 3.61. The summed E-state index contributed by atoms with van der Waals surface area (Å²) in [6.45, 7) is 4.00. The van der Waals surface area contributed by atoms with E-state index >= 15 is 0 Å². The van der Waals surface area contributed by atoms with Gasteiger partial charge in [-0.05, 0) is 12.8 Å². The Hall–Kier alpha value is -0.0800. The van der Waals surface area contributed by atoms with Crippen molar-refractivity contribution >= 4 is 0 Å². The van der Waals surface area contributed by atoms with Crippen LogP contribution in [0.5, 0.6) is 0 Å². The van der Waals surface area contributed by atoms with Crippen LogP contribution >= 0.6 is 0 Å². The van der Waals surface area contributed by atoms with Gasteiger partial charge in [-0.25, -0.2) is 0 Å². The summed E-state index contributed by atoms with van der Waals surface area (Å²) in [5.41, 5.74) is 5.46. The largest absolute Gasteiger partial charge is 0.381 e. The SMILES string of the molecule is CC.COC1CC(N)C1. The Labute approximate surface area is 57.4 Å². The van der Waals surface area contributed by atoms with Gasteiger partial charge in [0.15, 0.2) is 0 Å². The molecule has 9 heavy (non-hydrogen) atoms. The van der Waals surface area contributed by atoms with E-state index in [2.05, 4.69) is 0 Å². The number of hydrogen-bond donors (Lipinski definition) is 1. The number of nitrogens with two attached hydrogens (primary N) is 1. The minimum absolute atomic E-state index is 0.421. The van der Waals surface area contributed by atoms with Gasteiger partial charge in [0.2, 0.25) is 0 Å². The molecule has 0 aromatic rings. The van der Waals surface area contributed by atoms with E-state index in [9.17, 15) is 0 Å². The van der Waals surface area contributed by atoms with E-state index in [0.717, 1.165) is 12.8 Å². The lowest BCUT2D eigenvalue weighted by Crippen LogP contribution is -2.40. The highest BCUT2D eigenvalue weighted by Crippen LogP contribution is 2.19. The molecule has 0 bridgehead atoms. The van der Waals surface area contributed by atoms with Crippen molar-refractivity contribution in [3.63, 3.8) is 0 Å². The summed E-state index contributed by atoms with van der Waals surface area (Å²) < 4.78 is 4.98. The molecule has 0 radical (unpaired) electrons. The molecule has 0 aliphatic heterocycles. The molecule has 0 spiro atoms. The van der Waals surface area contributed by atoms with E-state index in [-0.39, 0.29) is 0 Å². The molecule has 1 aliphatic rings. The van der Waals surface area contributed by atoms with Gasteiger partial charge in [0.05, 0.1) is 6.10 Å². The van der Waals surface area contributed by atoms with Crippen LogP contribution in [0, 0.1) is 0 Å². The predicted molar refractivity (Wildman–Crippen MR) is 39.4 cm³/mol. The molecular weight excluding hydrogens is 114 g/mol. The first kappa shape index (κ1) is 8.92.